The summed E-state index contributed by atoms with van der Waals surface area (Å²) in [6.45, 7) is 0.645. The zero-order chi connectivity index (χ0) is 15.1. The number of halogens is 3. The predicted molar refractivity (Wildman–Crippen MR) is 65.7 cm³/mol. The maximum absolute atomic E-state index is 13.9. The monoisotopic (exact) mass is 288 g/mol. The first-order valence-electron chi connectivity index (χ1n) is 6.22. The summed E-state index contributed by atoms with van der Waals surface area (Å²) in [6, 6.07) is 1.74. The number of aliphatic carboxylic acids is 1. The number of hydrogen-bond donors (Lipinski definition) is 1. The Balaban J connectivity index is 2.67. The third-order valence-corrected chi connectivity index (χ3v) is 3.89. The van der Waals surface area contributed by atoms with E-state index in [1.54, 1.807) is 0 Å². The molecule has 3 nitrogen and oxygen atoms in total. The number of ether oxygens (including phenoxy) is 1. The molecule has 1 aliphatic carbocycles. The highest BCUT2D eigenvalue weighted by molar-refractivity contribution is 5.84. The number of hydrogen-bond acceptors (Lipinski definition) is 2. The standard InChI is InChI=1S/C14H15F3O3/c1-13(16,17)8-6-9(11(20-2)10(15)7-8)14(12(18)19)4-3-5-14/h6-7H,3-5H2,1-2H3,(H,18,19). The minimum absolute atomic E-state index is 0.00437. The fourth-order valence-electron chi connectivity index (χ4n) is 2.54. The molecule has 1 fully saturated rings. The minimum atomic E-state index is -3.24. The summed E-state index contributed by atoms with van der Waals surface area (Å²) < 4.78 is 45.6. The number of benzene rings is 1. The number of carboxylic acids is 1. The van der Waals surface area contributed by atoms with E-state index in [1.807, 2.05) is 0 Å². The molecule has 2 rings (SSSR count). The quantitative estimate of drug-likeness (QED) is 0.923. The molecule has 1 aromatic carbocycles. The van der Waals surface area contributed by atoms with Crippen LogP contribution in [0.25, 0.3) is 0 Å². The molecule has 0 unspecified atom stereocenters. The van der Waals surface area contributed by atoms with Gasteiger partial charge in [-0.05, 0) is 25.0 Å². The van der Waals surface area contributed by atoms with Crippen LogP contribution in [0.4, 0.5) is 13.2 Å². The Morgan fingerprint density at radius 1 is 1.40 bits per heavy atom. The second-order valence-corrected chi connectivity index (χ2v) is 5.17. The molecule has 1 N–H and O–H groups in total. The Morgan fingerprint density at radius 3 is 2.35 bits per heavy atom. The van der Waals surface area contributed by atoms with Gasteiger partial charge in [0.25, 0.3) is 5.92 Å². The lowest BCUT2D eigenvalue weighted by atomic mass is 9.64. The van der Waals surface area contributed by atoms with Crippen LogP contribution in [0.5, 0.6) is 5.75 Å². The van der Waals surface area contributed by atoms with Crippen molar-refractivity contribution < 1.29 is 27.8 Å². The van der Waals surface area contributed by atoms with Crippen molar-refractivity contribution in [3.05, 3.63) is 29.1 Å². The summed E-state index contributed by atoms with van der Waals surface area (Å²) >= 11 is 0. The van der Waals surface area contributed by atoms with E-state index in [1.165, 1.54) is 7.11 Å². The lowest BCUT2D eigenvalue weighted by molar-refractivity contribution is -0.147. The molecule has 0 aromatic heterocycles. The molecule has 6 heteroatoms. The second-order valence-electron chi connectivity index (χ2n) is 5.17. The molecule has 1 aliphatic rings. The number of carboxylic acid groups (broad SMARTS) is 1. The second kappa shape index (κ2) is 4.68. The summed E-state index contributed by atoms with van der Waals surface area (Å²) in [6.07, 6.45) is 1.23. The third-order valence-electron chi connectivity index (χ3n) is 3.89. The molecule has 0 amide bonds. The average Bonchev–Trinajstić information content (AvgIpc) is 2.25. The summed E-state index contributed by atoms with van der Waals surface area (Å²) in [4.78, 5) is 11.5. The number of alkyl halides is 2. The molecule has 0 spiro atoms. The number of methoxy groups -OCH3 is 1. The van der Waals surface area contributed by atoms with E-state index in [4.69, 9.17) is 4.74 Å². The van der Waals surface area contributed by atoms with E-state index in [2.05, 4.69) is 0 Å². The van der Waals surface area contributed by atoms with Gasteiger partial charge in [0.15, 0.2) is 11.6 Å². The largest absolute Gasteiger partial charge is 0.493 e. The molecule has 0 radical (unpaired) electrons. The Hall–Kier alpha value is -1.72. The molecule has 110 valence electrons. The van der Waals surface area contributed by atoms with Gasteiger partial charge in [0, 0.05) is 18.1 Å². The molecule has 1 aromatic rings. The predicted octanol–water partition coefficient (Wildman–Crippen LogP) is 3.45. The topological polar surface area (TPSA) is 46.5 Å². The van der Waals surface area contributed by atoms with Crippen LogP contribution in [0.2, 0.25) is 0 Å². The maximum Gasteiger partial charge on any atom is 0.314 e. The zero-order valence-corrected chi connectivity index (χ0v) is 11.2. The first kappa shape index (κ1) is 14.7. The van der Waals surface area contributed by atoms with Gasteiger partial charge in [-0.15, -0.1) is 0 Å². The molecule has 0 saturated heterocycles. The Bertz CT molecular complexity index is 545. The fraction of sp³-hybridized carbons (Fsp3) is 0.500. The van der Waals surface area contributed by atoms with E-state index in [0.29, 0.717) is 19.4 Å². The van der Waals surface area contributed by atoms with Gasteiger partial charge in [-0.1, -0.05) is 6.42 Å². The van der Waals surface area contributed by atoms with Crippen molar-refractivity contribution in [2.45, 2.75) is 37.5 Å². The number of carbonyl (C=O) groups is 1. The van der Waals surface area contributed by atoms with Crippen LogP contribution in [0.1, 0.15) is 37.3 Å². The molecule has 0 bridgehead atoms. The number of rotatable bonds is 4. The van der Waals surface area contributed by atoms with Crippen LogP contribution < -0.4 is 4.74 Å². The highest BCUT2D eigenvalue weighted by atomic mass is 19.3. The molecule has 0 atom stereocenters. The molecule has 0 aliphatic heterocycles. The highest BCUT2D eigenvalue weighted by Gasteiger charge is 2.49. The van der Waals surface area contributed by atoms with Gasteiger partial charge >= 0.3 is 5.97 Å². The van der Waals surface area contributed by atoms with Crippen LogP contribution in [0.15, 0.2) is 12.1 Å². The normalized spacial score (nSPS) is 17.4. The highest BCUT2D eigenvalue weighted by Crippen LogP contribution is 2.49. The summed E-state index contributed by atoms with van der Waals surface area (Å²) in [5, 5.41) is 9.38. The molecule has 20 heavy (non-hydrogen) atoms. The Kier molecular flexibility index (Phi) is 3.44. The average molecular weight is 288 g/mol. The van der Waals surface area contributed by atoms with Gasteiger partial charge in [-0.3, -0.25) is 4.79 Å². The van der Waals surface area contributed by atoms with Crippen LogP contribution in [0, 0.1) is 5.82 Å². The van der Waals surface area contributed by atoms with Gasteiger partial charge < -0.3 is 9.84 Å². The van der Waals surface area contributed by atoms with Gasteiger partial charge in [0.05, 0.1) is 12.5 Å². The van der Waals surface area contributed by atoms with Crippen LogP contribution >= 0.6 is 0 Å². The lowest BCUT2D eigenvalue weighted by Crippen LogP contribution is -2.43. The maximum atomic E-state index is 13.9. The van der Waals surface area contributed by atoms with Crippen LogP contribution in [-0.4, -0.2) is 18.2 Å². The molecule has 0 heterocycles. The summed E-state index contributed by atoms with van der Waals surface area (Å²) in [7, 11) is 1.19. The Labute approximate surface area is 114 Å². The summed E-state index contributed by atoms with van der Waals surface area (Å²) in [5.74, 6) is -5.61. The summed E-state index contributed by atoms with van der Waals surface area (Å²) in [5.41, 5.74) is -1.87. The van der Waals surface area contributed by atoms with Gasteiger partial charge in [0.1, 0.15) is 0 Å². The first-order chi connectivity index (χ1) is 9.22. The molecular weight excluding hydrogens is 273 g/mol. The molecular formula is C14H15F3O3. The van der Waals surface area contributed by atoms with Crippen LogP contribution in [-0.2, 0) is 16.1 Å². The van der Waals surface area contributed by atoms with E-state index >= 15 is 0 Å². The van der Waals surface area contributed by atoms with Gasteiger partial charge in [-0.25, -0.2) is 13.2 Å². The van der Waals surface area contributed by atoms with Crippen molar-refractivity contribution >= 4 is 5.97 Å². The Morgan fingerprint density at radius 2 is 2.00 bits per heavy atom. The minimum Gasteiger partial charge on any atom is -0.493 e. The lowest BCUT2D eigenvalue weighted by Gasteiger charge is -2.39. The van der Waals surface area contributed by atoms with Crippen molar-refractivity contribution in [1.29, 1.82) is 0 Å². The third kappa shape index (κ3) is 2.13. The SMILES string of the molecule is COc1c(F)cc(C(C)(F)F)cc1C1(C(=O)O)CCC1. The van der Waals surface area contributed by atoms with E-state index in [-0.39, 0.29) is 24.2 Å². The fourth-order valence-corrected chi connectivity index (χ4v) is 2.54. The zero-order valence-electron chi connectivity index (χ0n) is 11.2. The molecule has 1 saturated carbocycles. The van der Waals surface area contributed by atoms with E-state index in [0.717, 1.165) is 6.07 Å². The van der Waals surface area contributed by atoms with Crippen molar-refractivity contribution in [3.63, 3.8) is 0 Å². The van der Waals surface area contributed by atoms with Crippen molar-refractivity contribution in [3.8, 4) is 5.75 Å². The van der Waals surface area contributed by atoms with Crippen molar-refractivity contribution in [1.82, 2.24) is 0 Å². The van der Waals surface area contributed by atoms with Gasteiger partial charge in [-0.2, -0.15) is 0 Å². The van der Waals surface area contributed by atoms with E-state index < -0.39 is 28.7 Å². The van der Waals surface area contributed by atoms with E-state index in [9.17, 15) is 23.1 Å². The van der Waals surface area contributed by atoms with Crippen molar-refractivity contribution in [2.75, 3.05) is 7.11 Å². The van der Waals surface area contributed by atoms with Crippen molar-refractivity contribution in [2.24, 2.45) is 0 Å². The first-order valence-corrected chi connectivity index (χ1v) is 6.22. The van der Waals surface area contributed by atoms with Gasteiger partial charge in [0.2, 0.25) is 0 Å². The van der Waals surface area contributed by atoms with Crippen LogP contribution in [0.3, 0.4) is 0 Å². The smallest absolute Gasteiger partial charge is 0.314 e.